The standard InChI is InChI=1S/C27H32ClN5O4/c1-3-5-16-12-31-27(34)22-23(16)33-24(25(22)32-20-7-4-6-19(28)26(20)35-2)18-8-9-29-14-21(18)37-15-17-13-30-10-11-36-17/h4,6-9,14,16-17,30,32-33H,3,5,10-13,15H2,1-2H3,(H,31,34)/t16-,17-/m0/s1. The maximum Gasteiger partial charge on any atom is 0.255 e. The van der Waals surface area contributed by atoms with Gasteiger partial charge in [0.2, 0.25) is 0 Å². The number of benzene rings is 1. The van der Waals surface area contributed by atoms with Gasteiger partial charge in [-0.2, -0.15) is 0 Å². The molecule has 1 fully saturated rings. The Labute approximate surface area is 221 Å². The van der Waals surface area contributed by atoms with E-state index in [-0.39, 0.29) is 17.9 Å². The van der Waals surface area contributed by atoms with Crippen molar-refractivity contribution in [2.45, 2.75) is 31.8 Å². The Kier molecular flexibility index (Phi) is 7.83. The quantitative estimate of drug-likeness (QED) is 0.326. The highest BCUT2D eigenvalue weighted by Crippen LogP contribution is 2.45. The molecular weight excluding hydrogens is 494 g/mol. The first-order chi connectivity index (χ1) is 18.1. The van der Waals surface area contributed by atoms with Crippen molar-refractivity contribution in [3.05, 3.63) is 52.9 Å². The van der Waals surface area contributed by atoms with E-state index in [0.717, 1.165) is 42.9 Å². The summed E-state index contributed by atoms with van der Waals surface area (Å²) >= 11 is 6.41. The van der Waals surface area contributed by atoms with Gasteiger partial charge in [-0.05, 0) is 24.6 Å². The summed E-state index contributed by atoms with van der Waals surface area (Å²) < 4.78 is 17.6. The van der Waals surface area contributed by atoms with Gasteiger partial charge in [0.1, 0.15) is 18.5 Å². The number of hydrogen-bond donors (Lipinski definition) is 4. The smallest absolute Gasteiger partial charge is 0.255 e. The van der Waals surface area contributed by atoms with Gasteiger partial charge in [-0.15, -0.1) is 0 Å². The summed E-state index contributed by atoms with van der Waals surface area (Å²) in [4.78, 5) is 21.1. The highest BCUT2D eigenvalue weighted by Gasteiger charge is 2.33. The maximum absolute atomic E-state index is 13.2. The third-order valence-corrected chi connectivity index (χ3v) is 7.02. The fourth-order valence-electron chi connectivity index (χ4n) is 4.95. The number of carbonyl (C=O) groups excluding carboxylic acids is 1. The lowest BCUT2D eigenvalue weighted by atomic mass is 9.92. The minimum atomic E-state index is -0.133. The number of morpholine rings is 1. The van der Waals surface area contributed by atoms with Gasteiger partial charge in [0.15, 0.2) is 5.75 Å². The summed E-state index contributed by atoms with van der Waals surface area (Å²) in [6, 6.07) is 7.36. The van der Waals surface area contributed by atoms with Crippen molar-refractivity contribution >= 4 is 28.9 Å². The Morgan fingerprint density at radius 2 is 2.16 bits per heavy atom. The molecule has 0 spiro atoms. The molecule has 0 saturated carbocycles. The molecule has 5 rings (SSSR count). The van der Waals surface area contributed by atoms with Crippen molar-refractivity contribution in [3.63, 3.8) is 0 Å². The van der Waals surface area contributed by atoms with Gasteiger partial charge in [-0.25, -0.2) is 0 Å². The van der Waals surface area contributed by atoms with Crippen molar-refractivity contribution < 1.29 is 19.0 Å². The summed E-state index contributed by atoms with van der Waals surface area (Å²) in [5.74, 6) is 1.14. The van der Waals surface area contributed by atoms with E-state index in [1.54, 1.807) is 25.6 Å². The van der Waals surface area contributed by atoms with E-state index in [9.17, 15) is 4.79 Å². The second kappa shape index (κ2) is 11.4. The number of ether oxygens (including phenoxy) is 3. The van der Waals surface area contributed by atoms with Crippen LogP contribution in [0.1, 0.15) is 41.7 Å². The fourth-order valence-corrected chi connectivity index (χ4v) is 5.20. The molecule has 2 atom stereocenters. The molecule has 9 nitrogen and oxygen atoms in total. The van der Waals surface area contributed by atoms with Gasteiger partial charge in [0, 0.05) is 43.0 Å². The minimum absolute atomic E-state index is 0.0494. The van der Waals surface area contributed by atoms with Crippen LogP contribution in [0.3, 0.4) is 0 Å². The molecule has 0 radical (unpaired) electrons. The summed E-state index contributed by atoms with van der Waals surface area (Å²) in [5.41, 5.74) is 4.32. The lowest BCUT2D eigenvalue weighted by Crippen LogP contribution is -2.41. The summed E-state index contributed by atoms with van der Waals surface area (Å²) in [6.45, 7) is 5.34. The molecule has 0 bridgehead atoms. The molecule has 2 aliphatic heterocycles. The number of aromatic nitrogens is 2. The van der Waals surface area contributed by atoms with Crippen LogP contribution in [0.5, 0.6) is 11.5 Å². The van der Waals surface area contributed by atoms with Gasteiger partial charge in [-0.1, -0.05) is 31.0 Å². The van der Waals surface area contributed by atoms with Crippen molar-refractivity contribution in [2.24, 2.45) is 0 Å². The first-order valence-corrected chi connectivity index (χ1v) is 13.0. The number of nitrogens with zero attached hydrogens (tertiary/aromatic N) is 1. The van der Waals surface area contributed by atoms with Gasteiger partial charge in [0.05, 0.1) is 47.6 Å². The molecule has 1 amide bonds. The third kappa shape index (κ3) is 5.25. The molecule has 1 aromatic carbocycles. The molecule has 10 heteroatoms. The third-order valence-electron chi connectivity index (χ3n) is 6.72. The highest BCUT2D eigenvalue weighted by molar-refractivity contribution is 6.32. The van der Waals surface area contributed by atoms with Crippen LogP contribution >= 0.6 is 11.6 Å². The number of hydrogen-bond acceptors (Lipinski definition) is 7. The number of rotatable bonds is 9. The summed E-state index contributed by atoms with van der Waals surface area (Å²) in [5, 5.41) is 10.3. The van der Waals surface area contributed by atoms with Crippen molar-refractivity contribution in [1.29, 1.82) is 0 Å². The van der Waals surface area contributed by atoms with Crippen LogP contribution in [0, 0.1) is 0 Å². The number of aromatic amines is 1. The molecule has 0 aliphatic carbocycles. The topological polar surface area (TPSA) is 110 Å². The van der Waals surface area contributed by atoms with Crippen LogP contribution in [0.25, 0.3) is 11.3 Å². The first kappa shape index (κ1) is 25.4. The molecule has 3 aromatic rings. The number of amides is 1. The monoisotopic (exact) mass is 525 g/mol. The van der Waals surface area contributed by atoms with E-state index >= 15 is 0 Å². The number of anilines is 2. The molecule has 196 valence electrons. The van der Waals surface area contributed by atoms with Crippen LogP contribution in [0.2, 0.25) is 5.02 Å². The number of fused-ring (bicyclic) bond motifs is 1. The Morgan fingerprint density at radius 3 is 2.95 bits per heavy atom. The largest absolute Gasteiger partial charge is 0.493 e. The van der Waals surface area contributed by atoms with Crippen molar-refractivity contribution in [3.8, 4) is 22.8 Å². The van der Waals surface area contributed by atoms with E-state index in [1.807, 2.05) is 18.2 Å². The number of methoxy groups -OCH3 is 1. The van der Waals surface area contributed by atoms with Gasteiger partial charge in [0.25, 0.3) is 5.91 Å². The predicted octanol–water partition coefficient (Wildman–Crippen LogP) is 4.48. The van der Waals surface area contributed by atoms with E-state index in [2.05, 4.69) is 32.8 Å². The normalized spacial score (nSPS) is 19.2. The zero-order valence-corrected chi connectivity index (χ0v) is 21.8. The van der Waals surface area contributed by atoms with Gasteiger partial charge < -0.3 is 35.1 Å². The second-order valence-corrected chi connectivity index (χ2v) is 9.59. The number of halogens is 1. The average molecular weight is 526 g/mol. The number of nitrogens with one attached hydrogen (secondary N) is 4. The Hall–Kier alpha value is -3.27. The molecule has 0 unspecified atom stereocenters. The number of pyridine rings is 1. The second-order valence-electron chi connectivity index (χ2n) is 9.18. The molecule has 2 aromatic heterocycles. The van der Waals surface area contributed by atoms with Gasteiger partial charge in [-0.3, -0.25) is 9.78 Å². The molecule has 37 heavy (non-hydrogen) atoms. The van der Waals surface area contributed by atoms with E-state index in [4.69, 9.17) is 25.8 Å². The zero-order valence-electron chi connectivity index (χ0n) is 21.0. The minimum Gasteiger partial charge on any atom is -0.493 e. The average Bonchev–Trinajstić information content (AvgIpc) is 3.30. The van der Waals surface area contributed by atoms with E-state index in [1.165, 1.54) is 0 Å². The van der Waals surface area contributed by atoms with Crippen LogP contribution < -0.4 is 25.4 Å². The maximum atomic E-state index is 13.2. The number of para-hydroxylation sites is 1. The zero-order chi connectivity index (χ0) is 25.8. The molecule has 1 saturated heterocycles. The summed E-state index contributed by atoms with van der Waals surface area (Å²) in [7, 11) is 1.57. The van der Waals surface area contributed by atoms with E-state index in [0.29, 0.717) is 53.2 Å². The van der Waals surface area contributed by atoms with Crippen LogP contribution in [0.15, 0.2) is 36.7 Å². The lowest BCUT2D eigenvalue weighted by molar-refractivity contribution is 0.000245. The first-order valence-electron chi connectivity index (χ1n) is 12.6. The number of carbonyl (C=O) groups is 1. The predicted molar refractivity (Wildman–Crippen MR) is 143 cm³/mol. The Morgan fingerprint density at radius 1 is 1.27 bits per heavy atom. The van der Waals surface area contributed by atoms with Crippen LogP contribution in [-0.4, -0.2) is 61.9 Å². The van der Waals surface area contributed by atoms with Gasteiger partial charge >= 0.3 is 0 Å². The summed E-state index contributed by atoms with van der Waals surface area (Å²) in [6.07, 6.45) is 5.30. The SMILES string of the molecule is CCC[C@H]1CNC(=O)c2c1[nH]c(-c1ccncc1OC[C@@H]1CNCCO1)c2Nc1cccc(Cl)c1OC. The van der Waals surface area contributed by atoms with Crippen LogP contribution in [-0.2, 0) is 4.74 Å². The van der Waals surface area contributed by atoms with Crippen molar-refractivity contribution in [2.75, 3.05) is 45.3 Å². The Bertz CT molecular complexity index is 1260. The lowest BCUT2D eigenvalue weighted by Gasteiger charge is -2.24. The molecule has 4 N–H and O–H groups in total. The van der Waals surface area contributed by atoms with Crippen molar-refractivity contribution in [1.82, 2.24) is 20.6 Å². The number of H-pyrrole nitrogens is 1. The molecule has 2 aliphatic rings. The molecular formula is C27H32ClN5O4. The van der Waals surface area contributed by atoms with E-state index < -0.39 is 0 Å². The molecule has 4 heterocycles. The highest BCUT2D eigenvalue weighted by atomic mass is 35.5. The Balaban J connectivity index is 1.60. The van der Waals surface area contributed by atoms with Crippen LogP contribution in [0.4, 0.5) is 11.4 Å². The fraction of sp³-hybridized carbons (Fsp3) is 0.407.